The fourth-order valence-corrected chi connectivity index (χ4v) is 3.11. The van der Waals surface area contributed by atoms with Gasteiger partial charge < -0.3 is 9.47 Å². The van der Waals surface area contributed by atoms with Gasteiger partial charge in [-0.05, 0) is 37.0 Å². The molecule has 1 aromatic rings. The van der Waals surface area contributed by atoms with Gasteiger partial charge in [0.1, 0.15) is 0 Å². The molecule has 1 fully saturated rings. The fraction of sp³-hybridized carbons (Fsp3) is 0.571. The highest BCUT2D eigenvalue weighted by atomic mass is 19.2. The molecule has 98 valence electrons. The summed E-state index contributed by atoms with van der Waals surface area (Å²) in [4.78, 5) is 0. The summed E-state index contributed by atoms with van der Waals surface area (Å²) in [5.74, 6) is -2.29. The van der Waals surface area contributed by atoms with Crippen LogP contribution in [0.3, 0.4) is 0 Å². The second-order valence-corrected chi connectivity index (χ2v) is 5.13. The summed E-state index contributed by atoms with van der Waals surface area (Å²) in [6, 6.07) is 1.25. The van der Waals surface area contributed by atoms with Crippen molar-refractivity contribution in [2.75, 3.05) is 13.2 Å². The van der Waals surface area contributed by atoms with Crippen LogP contribution in [-0.2, 0) is 21.7 Å². The smallest absolute Gasteiger partial charge is 0.197 e. The van der Waals surface area contributed by atoms with Gasteiger partial charge >= 0.3 is 0 Å². The van der Waals surface area contributed by atoms with Crippen molar-refractivity contribution in [3.05, 3.63) is 34.4 Å². The zero-order chi connectivity index (χ0) is 12.9. The maximum Gasteiger partial charge on any atom is 0.197 e. The van der Waals surface area contributed by atoms with E-state index in [-0.39, 0.29) is 5.92 Å². The minimum atomic E-state index is -0.868. The molecule has 2 aliphatic rings. The summed E-state index contributed by atoms with van der Waals surface area (Å²) in [6.45, 7) is 4.66. The highest BCUT2D eigenvalue weighted by molar-refractivity contribution is 5.41. The van der Waals surface area contributed by atoms with Crippen molar-refractivity contribution in [3.8, 4) is 0 Å². The van der Waals surface area contributed by atoms with E-state index in [1.54, 1.807) is 6.92 Å². The van der Waals surface area contributed by atoms with Crippen LogP contribution < -0.4 is 0 Å². The Morgan fingerprint density at radius 3 is 2.61 bits per heavy atom. The van der Waals surface area contributed by atoms with Crippen LogP contribution in [0.4, 0.5) is 8.78 Å². The van der Waals surface area contributed by atoms with E-state index in [1.165, 1.54) is 6.07 Å². The van der Waals surface area contributed by atoms with Gasteiger partial charge in [-0.2, -0.15) is 0 Å². The molecule has 1 heterocycles. The van der Waals surface area contributed by atoms with Crippen molar-refractivity contribution in [3.63, 3.8) is 0 Å². The van der Waals surface area contributed by atoms with Crippen molar-refractivity contribution in [1.29, 1.82) is 0 Å². The number of fused-ring (bicyclic) bond motifs is 2. The number of hydrogen-bond acceptors (Lipinski definition) is 2. The Hall–Kier alpha value is -1.00. The third-order valence-corrected chi connectivity index (χ3v) is 4.16. The molecule has 1 unspecified atom stereocenters. The predicted octanol–water partition coefficient (Wildman–Crippen LogP) is 3.06. The normalized spacial score (nSPS) is 25.4. The summed E-state index contributed by atoms with van der Waals surface area (Å²) in [5, 5.41) is 0. The highest BCUT2D eigenvalue weighted by Crippen LogP contribution is 2.47. The lowest BCUT2D eigenvalue weighted by Crippen LogP contribution is -2.39. The van der Waals surface area contributed by atoms with E-state index in [2.05, 4.69) is 0 Å². The topological polar surface area (TPSA) is 18.5 Å². The molecular formula is C14H16F2O2. The molecule has 0 bridgehead atoms. The van der Waals surface area contributed by atoms with E-state index >= 15 is 0 Å². The summed E-state index contributed by atoms with van der Waals surface area (Å²) in [6.07, 6.45) is 1.60. The Bertz CT molecular complexity index is 493. The van der Waals surface area contributed by atoms with Gasteiger partial charge in [0.25, 0.3) is 0 Å². The molecule has 1 aliphatic carbocycles. The second kappa shape index (κ2) is 4.00. The van der Waals surface area contributed by atoms with E-state index in [4.69, 9.17) is 9.47 Å². The van der Waals surface area contributed by atoms with Crippen LogP contribution in [0.1, 0.15) is 30.0 Å². The first-order valence-corrected chi connectivity index (χ1v) is 6.32. The first kappa shape index (κ1) is 12.1. The molecule has 1 spiro atoms. The molecular weight excluding hydrogens is 238 g/mol. The number of hydrogen-bond donors (Lipinski definition) is 0. The number of rotatable bonds is 0. The van der Waals surface area contributed by atoms with Gasteiger partial charge in [-0.25, -0.2) is 8.78 Å². The van der Waals surface area contributed by atoms with Crippen LogP contribution in [0, 0.1) is 24.5 Å². The number of halogens is 2. The monoisotopic (exact) mass is 254 g/mol. The maximum atomic E-state index is 13.6. The summed E-state index contributed by atoms with van der Waals surface area (Å²) in [7, 11) is 0. The lowest BCUT2D eigenvalue weighted by atomic mass is 9.77. The summed E-state index contributed by atoms with van der Waals surface area (Å²) in [5.41, 5.74) is 1.90. The standard InChI is InChI=1S/C14H16F2O2/c1-8-3-4-10-9(2)13(16)12(15)7-11(10)14(8)17-5-6-18-14/h7-8H,3-6H2,1-2H3. The molecule has 0 amide bonds. The predicted molar refractivity (Wildman–Crippen MR) is 62.2 cm³/mol. The molecule has 18 heavy (non-hydrogen) atoms. The lowest BCUT2D eigenvalue weighted by Gasteiger charge is -2.39. The van der Waals surface area contributed by atoms with E-state index in [0.29, 0.717) is 24.3 Å². The van der Waals surface area contributed by atoms with Gasteiger partial charge in [0.05, 0.1) is 13.2 Å². The highest BCUT2D eigenvalue weighted by Gasteiger charge is 2.48. The minimum absolute atomic E-state index is 0.150. The molecule has 2 nitrogen and oxygen atoms in total. The third-order valence-electron chi connectivity index (χ3n) is 4.16. The van der Waals surface area contributed by atoms with Crippen LogP contribution in [0.25, 0.3) is 0 Å². The first-order chi connectivity index (χ1) is 8.56. The Morgan fingerprint density at radius 1 is 1.28 bits per heavy atom. The van der Waals surface area contributed by atoms with E-state index in [0.717, 1.165) is 18.4 Å². The Kier molecular flexibility index (Phi) is 2.68. The number of benzene rings is 1. The average Bonchev–Trinajstić information content (AvgIpc) is 2.83. The fourth-order valence-electron chi connectivity index (χ4n) is 3.11. The SMILES string of the molecule is Cc1c(F)c(F)cc2c1CCC(C)C21OCCO1. The van der Waals surface area contributed by atoms with Crippen LogP contribution in [0.2, 0.25) is 0 Å². The van der Waals surface area contributed by atoms with Gasteiger partial charge in [-0.15, -0.1) is 0 Å². The Morgan fingerprint density at radius 2 is 1.94 bits per heavy atom. The maximum absolute atomic E-state index is 13.6. The minimum Gasteiger partial charge on any atom is -0.343 e. The van der Waals surface area contributed by atoms with Crippen LogP contribution >= 0.6 is 0 Å². The molecule has 0 N–H and O–H groups in total. The summed E-state index contributed by atoms with van der Waals surface area (Å²) >= 11 is 0. The third kappa shape index (κ3) is 1.45. The molecule has 1 aliphatic heterocycles. The zero-order valence-corrected chi connectivity index (χ0v) is 10.6. The molecule has 1 atom stereocenters. The van der Waals surface area contributed by atoms with Gasteiger partial charge in [-0.1, -0.05) is 6.92 Å². The van der Waals surface area contributed by atoms with E-state index in [1.807, 2.05) is 6.92 Å². The quantitative estimate of drug-likeness (QED) is 0.708. The molecule has 0 saturated carbocycles. The van der Waals surface area contributed by atoms with Crippen LogP contribution in [0.5, 0.6) is 0 Å². The van der Waals surface area contributed by atoms with E-state index in [9.17, 15) is 8.78 Å². The molecule has 0 radical (unpaired) electrons. The van der Waals surface area contributed by atoms with Crippen LogP contribution in [0.15, 0.2) is 6.07 Å². The molecule has 1 aromatic carbocycles. The zero-order valence-electron chi connectivity index (χ0n) is 10.6. The van der Waals surface area contributed by atoms with E-state index < -0.39 is 17.4 Å². The van der Waals surface area contributed by atoms with Crippen molar-refractivity contribution < 1.29 is 18.3 Å². The molecule has 1 saturated heterocycles. The van der Waals surface area contributed by atoms with Crippen molar-refractivity contribution in [2.24, 2.45) is 5.92 Å². The van der Waals surface area contributed by atoms with Gasteiger partial charge in [0.2, 0.25) is 0 Å². The van der Waals surface area contributed by atoms with Crippen molar-refractivity contribution in [2.45, 2.75) is 32.5 Å². The van der Waals surface area contributed by atoms with Crippen molar-refractivity contribution in [1.82, 2.24) is 0 Å². The molecule has 3 rings (SSSR count). The molecule has 4 heteroatoms. The van der Waals surface area contributed by atoms with Gasteiger partial charge in [0.15, 0.2) is 17.4 Å². The van der Waals surface area contributed by atoms with Crippen molar-refractivity contribution >= 4 is 0 Å². The second-order valence-electron chi connectivity index (χ2n) is 5.13. The lowest BCUT2D eigenvalue weighted by molar-refractivity contribution is -0.207. The number of ether oxygens (including phenoxy) is 2. The first-order valence-electron chi connectivity index (χ1n) is 6.32. The Balaban J connectivity index is 2.23. The van der Waals surface area contributed by atoms with Gasteiger partial charge in [-0.3, -0.25) is 0 Å². The summed E-state index contributed by atoms with van der Waals surface area (Å²) < 4.78 is 38.8. The Labute approximate surface area is 105 Å². The largest absolute Gasteiger partial charge is 0.343 e. The van der Waals surface area contributed by atoms with Gasteiger partial charge in [0, 0.05) is 11.5 Å². The van der Waals surface area contributed by atoms with Crippen LogP contribution in [-0.4, -0.2) is 13.2 Å². The average molecular weight is 254 g/mol. The molecule has 0 aromatic heterocycles.